The maximum absolute atomic E-state index is 11.6. The molecule has 0 aromatic rings. The van der Waals surface area contributed by atoms with Crippen LogP contribution in [0.4, 0.5) is 0 Å². The predicted molar refractivity (Wildman–Crippen MR) is 80.1 cm³/mol. The van der Waals surface area contributed by atoms with E-state index in [0.29, 0.717) is 13.0 Å². The van der Waals surface area contributed by atoms with Crippen molar-refractivity contribution in [2.75, 3.05) is 19.8 Å². The van der Waals surface area contributed by atoms with E-state index in [1.54, 1.807) is 0 Å². The molecule has 1 amide bonds. The second-order valence-corrected chi connectivity index (χ2v) is 5.63. The number of unbranched alkanes of at least 4 members (excludes halogenated alkanes) is 3. The number of rotatable bonds is 10. The van der Waals surface area contributed by atoms with E-state index in [9.17, 15) is 15.0 Å². The Bertz CT molecular complexity index is 314. The van der Waals surface area contributed by atoms with Gasteiger partial charge < -0.3 is 30.1 Å². The van der Waals surface area contributed by atoms with Crippen molar-refractivity contribution >= 4 is 5.91 Å². The smallest absolute Gasteiger partial charge is 0.220 e. The van der Waals surface area contributed by atoms with Crippen molar-refractivity contribution in [1.29, 1.82) is 0 Å². The van der Waals surface area contributed by atoms with Crippen molar-refractivity contribution in [3.63, 3.8) is 0 Å². The van der Waals surface area contributed by atoms with Gasteiger partial charge in [-0.25, -0.2) is 0 Å². The van der Waals surface area contributed by atoms with E-state index >= 15 is 0 Å². The summed E-state index contributed by atoms with van der Waals surface area (Å²) in [6, 6.07) is 0. The molecule has 1 heterocycles. The van der Waals surface area contributed by atoms with Gasteiger partial charge in [0.2, 0.25) is 5.91 Å². The van der Waals surface area contributed by atoms with Crippen molar-refractivity contribution in [2.24, 2.45) is 0 Å². The number of ether oxygens (including phenoxy) is 2. The summed E-state index contributed by atoms with van der Waals surface area (Å²) in [6.45, 7) is 2.38. The first-order valence-electron chi connectivity index (χ1n) is 8.09. The fraction of sp³-hybridized carbons (Fsp3) is 0.933. The van der Waals surface area contributed by atoms with Crippen molar-refractivity contribution in [2.45, 2.75) is 70.1 Å². The van der Waals surface area contributed by atoms with E-state index < -0.39 is 24.6 Å². The highest BCUT2D eigenvalue weighted by atomic mass is 16.7. The molecular formula is C15H29NO6. The molecule has 0 spiro atoms. The van der Waals surface area contributed by atoms with E-state index in [1.807, 2.05) is 0 Å². The highest BCUT2D eigenvalue weighted by molar-refractivity contribution is 5.75. The van der Waals surface area contributed by atoms with E-state index in [4.69, 9.17) is 14.6 Å². The topological polar surface area (TPSA) is 108 Å². The van der Waals surface area contributed by atoms with Crippen LogP contribution >= 0.6 is 0 Å². The normalized spacial score (nSPS) is 28.5. The Balaban J connectivity index is 2.13. The number of hydrogen-bond acceptors (Lipinski definition) is 6. The Hall–Kier alpha value is -0.730. The molecule has 1 aliphatic rings. The van der Waals surface area contributed by atoms with Gasteiger partial charge in [-0.05, 0) is 6.42 Å². The van der Waals surface area contributed by atoms with Gasteiger partial charge in [0.25, 0.3) is 0 Å². The SMILES string of the molecule is CCCCCCC(=O)NCCO[C@H]1OC(CO)CC(O)C1O. The number of nitrogens with one attached hydrogen (secondary N) is 1. The van der Waals surface area contributed by atoms with Crippen LogP contribution in [-0.4, -0.2) is 65.6 Å². The van der Waals surface area contributed by atoms with Gasteiger partial charge in [-0.3, -0.25) is 4.79 Å². The minimum atomic E-state index is -1.15. The van der Waals surface area contributed by atoms with Crippen LogP contribution in [0.3, 0.4) is 0 Å². The molecule has 0 bridgehead atoms. The minimum Gasteiger partial charge on any atom is -0.394 e. The van der Waals surface area contributed by atoms with Crippen LogP contribution < -0.4 is 5.32 Å². The van der Waals surface area contributed by atoms with Crippen LogP contribution in [0.15, 0.2) is 0 Å². The molecule has 0 radical (unpaired) electrons. The predicted octanol–water partition coefficient (Wildman–Crippen LogP) is -0.0813. The highest BCUT2D eigenvalue weighted by Gasteiger charge is 2.37. The summed E-state index contributed by atoms with van der Waals surface area (Å²) in [5.41, 5.74) is 0. The van der Waals surface area contributed by atoms with Crippen LogP contribution in [-0.2, 0) is 14.3 Å². The molecule has 0 aliphatic carbocycles. The van der Waals surface area contributed by atoms with Crippen molar-refractivity contribution in [3.05, 3.63) is 0 Å². The molecule has 3 unspecified atom stereocenters. The first-order valence-corrected chi connectivity index (χ1v) is 8.09. The van der Waals surface area contributed by atoms with Gasteiger partial charge in [-0.1, -0.05) is 26.2 Å². The third-order valence-corrected chi connectivity index (χ3v) is 3.67. The van der Waals surface area contributed by atoms with Gasteiger partial charge in [-0.15, -0.1) is 0 Å². The van der Waals surface area contributed by atoms with E-state index in [-0.39, 0.29) is 25.5 Å². The average molecular weight is 319 g/mol. The molecule has 7 heteroatoms. The summed E-state index contributed by atoms with van der Waals surface area (Å²) >= 11 is 0. The van der Waals surface area contributed by atoms with Crippen LogP contribution in [0, 0.1) is 0 Å². The zero-order valence-corrected chi connectivity index (χ0v) is 13.2. The molecule has 130 valence electrons. The Labute approximate surface area is 131 Å². The Kier molecular flexibility index (Phi) is 9.58. The fourth-order valence-corrected chi connectivity index (χ4v) is 2.34. The number of aliphatic hydroxyl groups is 3. The third kappa shape index (κ3) is 7.02. The lowest BCUT2D eigenvalue weighted by molar-refractivity contribution is -0.270. The summed E-state index contributed by atoms with van der Waals surface area (Å²) < 4.78 is 10.7. The van der Waals surface area contributed by atoms with Gasteiger partial charge >= 0.3 is 0 Å². The number of carbonyl (C=O) groups is 1. The Morgan fingerprint density at radius 3 is 2.77 bits per heavy atom. The molecule has 1 saturated heterocycles. The Morgan fingerprint density at radius 2 is 2.09 bits per heavy atom. The summed E-state index contributed by atoms with van der Waals surface area (Å²) in [5.74, 6) is -0.0157. The van der Waals surface area contributed by atoms with Gasteiger partial charge in [-0.2, -0.15) is 0 Å². The largest absolute Gasteiger partial charge is 0.394 e. The lowest BCUT2D eigenvalue weighted by atomic mass is 10.0. The fourth-order valence-electron chi connectivity index (χ4n) is 2.34. The zero-order valence-electron chi connectivity index (χ0n) is 13.2. The molecule has 0 aromatic carbocycles. The van der Waals surface area contributed by atoms with Crippen molar-refractivity contribution in [3.8, 4) is 0 Å². The highest BCUT2D eigenvalue weighted by Crippen LogP contribution is 2.20. The summed E-state index contributed by atoms with van der Waals surface area (Å²) in [7, 11) is 0. The van der Waals surface area contributed by atoms with Crippen molar-refractivity contribution < 1.29 is 29.6 Å². The molecule has 1 aliphatic heterocycles. The summed E-state index contributed by atoms with van der Waals surface area (Å²) in [5, 5.41) is 31.2. The maximum Gasteiger partial charge on any atom is 0.220 e. The van der Waals surface area contributed by atoms with E-state index in [1.165, 1.54) is 0 Å². The lowest BCUT2D eigenvalue weighted by Gasteiger charge is -2.36. The standard InChI is InChI=1S/C15H29NO6/c1-2-3-4-5-6-13(19)16-7-8-21-15-14(20)12(18)9-11(10-17)22-15/h11-12,14-15,17-18,20H,2-10H2,1H3,(H,16,19)/t11?,12?,14?,15-/m0/s1. The molecular weight excluding hydrogens is 290 g/mol. The van der Waals surface area contributed by atoms with Crippen LogP contribution in [0.25, 0.3) is 0 Å². The first-order chi connectivity index (χ1) is 10.6. The van der Waals surface area contributed by atoms with Gasteiger partial charge in [0.1, 0.15) is 6.10 Å². The number of amides is 1. The Morgan fingerprint density at radius 1 is 1.32 bits per heavy atom. The quantitative estimate of drug-likeness (QED) is 0.419. The number of aliphatic hydroxyl groups excluding tert-OH is 3. The molecule has 4 N–H and O–H groups in total. The molecule has 0 aromatic heterocycles. The number of carbonyl (C=O) groups excluding carboxylic acids is 1. The maximum atomic E-state index is 11.6. The number of hydrogen-bond donors (Lipinski definition) is 4. The lowest BCUT2D eigenvalue weighted by Crippen LogP contribution is -2.50. The molecule has 7 nitrogen and oxygen atoms in total. The second kappa shape index (κ2) is 10.9. The van der Waals surface area contributed by atoms with E-state index in [2.05, 4.69) is 12.2 Å². The zero-order chi connectivity index (χ0) is 16.4. The third-order valence-electron chi connectivity index (χ3n) is 3.67. The van der Waals surface area contributed by atoms with Gasteiger partial charge in [0, 0.05) is 19.4 Å². The van der Waals surface area contributed by atoms with E-state index in [0.717, 1.165) is 25.7 Å². The molecule has 1 rings (SSSR count). The molecule has 22 heavy (non-hydrogen) atoms. The summed E-state index contributed by atoms with van der Waals surface area (Å²) in [4.78, 5) is 11.6. The van der Waals surface area contributed by atoms with Gasteiger partial charge in [0.05, 0.1) is 25.4 Å². The monoisotopic (exact) mass is 319 g/mol. The molecule has 0 saturated carbocycles. The van der Waals surface area contributed by atoms with Crippen LogP contribution in [0.1, 0.15) is 45.4 Å². The average Bonchev–Trinajstić information content (AvgIpc) is 2.51. The first kappa shape index (κ1) is 19.3. The van der Waals surface area contributed by atoms with Crippen LogP contribution in [0.2, 0.25) is 0 Å². The summed E-state index contributed by atoms with van der Waals surface area (Å²) in [6.07, 6.45) is 1.25. The molecule has 4 atom stereocenters. The van der Waals surface area contributed by atoms with Crippen molar-refractivity contribution in [1.82, 2.24) is 5.32 Å². The minimum absolute atomic E-state index is 0.0157. The van der Waals surface area contributed by atoms with Crippen LogP contribution in [0.5, 0.6) is 0 Å². The second-order valence-electron chi connectivity index (χ2n) is 5.63. The molecule has 1 fully saturated rings. The van der Waals surface area contributed by atoms with Gasteiger partial charge in [0.15, 0.2) is 6.29 Å².